The highest BCUT2D eigenvalue weighted by atomic mass is 32.1. The van der Waals surface area contributed by atoms with Gasteiger partial charge in [0.2, 0.25) is 0 Å². The molecule has 6 heteroatoms. The quantitative estimate of drug-likeness (QED) is 0.601. The van der Waals surface area contributed by atoms with Crippen LogP contribution < -0.4 is 4.90 Å². The number of esters is 1. The van der Waals surface area contributed by atoms with Crippen molar-refractivity contribution in [1.82, 2.24) is 9.97 Å². The average molecular weight is 369 g/mol. The molecule has 0 aliphatic rings. The number of thiophene rings is 1. The van der Waals surface area contributed by atoms with Crippen molar-refractivity contribution in [2.75, 3.05) is 18.6 Å². The van der Waals surface area contributed by atoms with Gasteiger partial charge in [0.1, 0.15) is 21.9 Å². The Balaban J connectivity index is 1.93. The fourth-order valence-corrected chi connectivity index (χ4v) is 3.81. The van der Waals surface area contributed by atoms with Gasteiger partial charge in [-0.05, 0) is 24.0 Å². The smallest absolute Gasteiger partial charge is 0.348 e. The molecule has 0 N–H and O–H groups in total. The number of ether oxygens (including phenoxy) is 1. The van der Waals surface area contributed by atoms with Crippen LogP contribution in [0.5, 0.6) is 0 Å². The van der Waals surface area contributed by atoms with Gasteiger partial charge in [0.25, 0.3) is 0 Å². The lowest BCUT2D eigenvalue weighted by atomic mass is 10.1. The van der Waals surface area contributed by atoms with Gasteiger partial charge in [0, 0.05) is 13.6 Å². The molecule has 0 aliphatic heterocycles. The third kappa shape index (κ3) is 3.85. The zero-order chi connectivity index (χ0) is 18.7. The van der Waals surface area contributed by atoms with Crippen molar-refractivity contribution >= 4 is 33.3 Å². The highest BCUT2D eigenvalue weighted by Crippen LogP contribution is 2.35. The highest BCUT2D eigenvalue weighted by Gasteiger charge is 2.22. The fraction of sp³-hybridized carbons (Fsp3) is 0.350. The van der Waals surface area contributed by atoms with Gasteiger partial charge in [0.15, 0.2) is 0 Å². The molecule has 0 spiro atoms. The Labute approximate surface area is 157 Å². The van der Waals surface area contributed by atoms with E-state index in [0.29, 0.717) is 17.4 Å². The Morgan fingerprint density at radius 2 is 1.96 bits per heavy atom. The minimum absolute atomic E-state index is 0.282. The SMILES string of the molecule is Cc1c(C(=O)OCC(C)C)sc2ncnc(N(C)Cc3ccccc3)c12. The molecule has 0 saturated heterocycles. The van der Waals surface area contributed by atoms with Crippen molar-refractivity contribution in [3.8, 4) is 0 Å². The van der Waals surface area contributed by atoms with Gasteiger partial charge < -0.3 is 9.64 Å². The average Bonchev–Trinajstić information content (AvgIpc) is 2.97. The van der Waals surface area contributed by atoms with Crippen LogP contribution >= 0.6 is 11.3 Å². The summed E-state index contributed by atoms with van der Waals surface area (Å²) < 4.78 is 5.41. The van der Waals surface area contributed by atoms with Gasteiger partial charge >= 0.3 is 5.97 Å². The summed E-state index contributed by atoms with van der Waals surface area (Å²) >= 11 is 1.37. The lowest BCUT2D eigenvalue weighted by Gasteiger charge is -2.19. The van der Waals surface area contributed by atoms with Crippen molar-refractivity contribution in [2.45, 2.75) is 27.3 Å². The number of hydrogen-bond donors (Lipinski definition) is 0. The van der Waals surface area contributed by atoms with Crippen molar-refractivity contribution in [2.24, 2.45) is 5.92 Å². The summed E-state index contributed by atoms with van der Waals surface area (Å²) in [4.78, 5) is 24.8. The van der Waals surface area contributed by atoms with Crippen molar-refractivity contribution in [3.05, 3.63) is 52.7 Å². The topological polar surface area (TPSA) is 55.3 Å². The molecule has 5 nitrogen and oxygen atoms in total. The summed E-state index contributed by atoms with van der Waals surface area (Å²) in [5.41, 5.74) is 2.08. The molecule has 0 aliphatic carbocycles. The summed E-state index contributed by atoms with van der Waals surface area (Å²) in [6.07, 6.45) is 1.55. The number of benzene rings is 1. The van der Waals surface area contributed by atoms with Gasteiger partial charge in [-0.1, -0.05) is 44.2 Å². The van der Waals surface area contributed by atoms with E-state index in [-0.39, 0.29) is 5.97 Å². The normalized spacial score (nSPS) is 11.1. The van der Waals surface area contributed by atoms with Crippen LogP contribution in [-0.2, 0) is 11.3 Å². The lowest BCUT2D eigenvalue weighted by Crippen LogP contribution is -2.18. The van der Waals surface area contributed by atoms with E-state index in [1.165, 1.54) is 16.9 Å². The number of aromatic nitrogens is 2. The molecular formula is C20H23N3O2S. The van der Waals surface area contributed by atoms with Gasteiger partial charge in [0.05, 0.1) is 12.0 Å². The Morgan fingerprint density at radius 3 is 2.65 bits per heavy atom. The first kappa shape index (κ1) is 18.3. The number of carbonyl (C=O) groups is 1. The Bertz CT molecular complexity index is 906. The van der Waals surface area contributed by atoms with Crippen molar-refractivity contribution in [3.63, 3.8) is 0 Å². The Morgan fingerprint density at radius 1 is 1.23 bits per heavy atom. The highest BCUT2D eigenvalue weighted by molar-refractivity contribution is 7.20. The molecule has 0 bridgehead atoms. The van der Waals surface area contributed by atoms with E-state index in [1.54, 1.807) is 6.33 Å². The van der Waals surface area contributed by atoms with Gasteiger partial charge in [-0.3, -0.25) is 0 Å². The molecular weight excluding hydrogens is 346 g/mol. The molecule has 0 unspecified atom stereocenters. The minimum Gasteiger partial charge on any atom is -0.461 e. The van der Waals surface area contributed by atoms with E-state index in [2.05, 4.69) is 27.0 Å². The van der Waals surface area contributed by atoms with E-state index in [9.17, 15) is 4.79 Å². The molecule has 3 rings (SSSR count). The number of rotatable bonds is 6. The first-order valence-electron chi connectivity index (χ1n) is 8.63. The molecule has 2 aromatic heterocycles. The van der Waals surface area contributed by atoms with E-state index < -0.39 is 0 Å². The summed E-state index contributed by atoms with van der Waals surface area (Å²) in [5.74, 6) is 0.854. The van der Waals surface area contributed by atoms with Crippen molar-refractivity contribution < 1.29 is 9.53 Å². The number of carbonyl (C=O) groups excluding carboxylic acids is 1. The van der Waals surface area contributed by atoms with E-state index in [1.807, 2.05) is 46.0 Å². The summed E-state index contributed by atoms with van der Waals surface area (Å²) in [7, 11) is 2.00. The van der Waals surface area contributed by atoms with Crippen LogP contribution in [0.1, 0.15) is 34.6 Å². The summed E-state index contributed by atoms with van der Waals surface area (Å²) in [5, 5.41) is 0.924. The van der Waals surface area contributed by atoms with Gasteiger partial charge in [-0.15, -0.1) is 11.3 Å². The molecule has 1 aromatic carbocycles. The third-order valence-electron chi connectivity index (χ3n) is 4.06. The first-order chi connectivity index (χ1) is 12.5. The molecule has 26 heavy (non-hydrogen) atoms. The van der Waals surface area contributed by atoms with Crippen LogP contribution in [-0.4, -0.2) is 29.6 Å². The number of fused-ring (bicyclic) bond motifs is 1. The minimum atomic E-state index is -0.282. The monoisotopic (exact) mass is 369 g/mol. The van der Waals surface area contributed by atoms with Crippen molar-refractivity contribution in [1.29, 1.82) is 0 Å². The molecule has 136 valence electrons. The largest absolute Gasteiger partial charge is 0.461 e. The Kier molecular flexibility index (Phi) is 5.52. The maximum absolute atomic E-state index is 12.4. The third-order valence-corrected chi connectivity index (χ3v) is 5.24. The second-order valence-corrected chi connectivity index (χ2v) is 7.77. The van der Waals surface area contributed by atoms with Gasteiger partial charge in [-0.2, -0.15) is 0 Å². The predicted molar refractivity (Wildman–Crippen MR) is 106 cm³/mol. The zero-order valence-corrected chi connectivity index (χ0v) is 16.3. The first-order valence-corrected chi connectivity index (χ1v) is 9.45. The summed E-state index contributed by atoms with van der Waals surface area (Å²) in [6.45, 7) is 7.13. The van der Waals surface area contributed by atoms with Crippen LogP contribution in [0.2, 0.25) is 0 Å². The van der Waals surface area contributed by atoms with Crippen LogP contribution in [0.3, 0.4) is 0 Å². The number of aryl methyl sites for hydroxylation is 1. The zero-order valence-electron chi connectivity index (χ0n) is 15.5. The predicted octanol–water partition coefficient (Wildman–Crippen LogP) is 4.45. The standard InChI is InChI=1S/C20H23N3O2S/c1-13(2)11-25-20(24)17-14(3)16-18(21-12-22-19(16)26-17)23(4)10-15-8-6-5-7-9-15/h5-9,12-13H,10-11H2,1-4H3. The second-order valence-electron chi connectivity index (χ2n) is 6.77. The second kappa shape index (κ2) is 7.83. The Hall–Kier alpha value is -2.47. The van der Waals surface area contributed by atoms with E-state index >= 15 is 0 Å². The lowest BCUT2D eigenvalue weighted by molar-refractivity contribution is 0.0464. The number of anilines is 1. The molecule has 0 atom stereocenters. The fourth-order valence-electron chi connectivity index (χ4n) is 2.78. The van der Waals surface area contributed by atoms with Crippen LogP contribution in [0.15, 0.2) is 36.7 Å². The molecule has 0 fully saturated rings. The van der Waals surface area contributed by atoms with Crippen LogP contribution in [0.25, 0.3) is 10.2 Å². The molecule has 0 radical (unpaired) electrons. The van der Waals surface area contributed by atoms with Gasteiger partial charge in [-0.25, -0.2) is 14.8 Å². The van der Waals surface area contributed by atoms with E-state index in [4.69, 9.17) is 4.74 Å². The molecule has 0 saturated carbocycles. The number of nitrogens with zero attached hydrogens (tertiary/aromatic N) is 3. The summed E-state index contributed by atoms with van der Waals surface area (Å²) in [6, 6.07) is 10.2. The molecule has 2 heterocycles. The maximum atomic E-state index is 12.4. The van der Waals surface area contributed by atoms with E-state index in [0.717, 1.165) is 28.1 Å². The number of hydrogen-bond acceptors (Lipinski definition) is 6. The molecule has 3 aromatic rings. The maximum Gasteiger partial charge on any atom is 0.348 e. The van der Waals surface area contributed by atoms with Crippen LogP contribution in [0.4, 0.5) is 5.82 Å². The van der Waals surface area contributed by atoms with Crippen LogP contribution in [0, 0.1) is 12.8 Å². The molecule has 0 amide bonds.